The van der Waals surface area contributed by atoms with E-state index in [1.165, 1.54) is 10.6 Å². The molecule has 1 atom stereocenters. The van der Waals surface area contributed by atoms with Crippen molar-refractivity contribution in [2.24, 2.45) is 0 Å². The minimum atomic E-state index is -3.28. The summed E-state index contributed by atoms with van der Waals surface area (Å²) in [5.41, 5.74) is 2.43. The molecule has 1 saturated carbocycles. The fraction of sp³-hybridized carbons (Fsp3) is 0.625. The number of hydrogen-bond donors (Lipinski definition) is 3. The Kier molecular flexibility index (Phi) is 6.02. The molecule has 186 valence electrons. The second-order valence-electron chi connectivity index (χ2n) is 10.0. The Bertz CT molecular complexity index is 1180. The number of aliphatic hydroxyl groups excluding tert-OH is 1. The summed E-state index contributed by atoms with van der Waals surface area (Å²) < 4.78 is 31.3. The van der Waals surface area contributed by atoms with E-state index in [1.807, 2.05) is 18.2 Å². The second kappa shape index (κ2) is 8.73. The monoisotopic (exact) mass is 490 g/mol. The summed E-state index contributed by atoms with van der Waals surface area (Å²) in [5, 5.41) is 14.7. The van der Waals surface area contributed by atoms with Crippen molar-refractivity contribution in [3.05, 3.63) is 29.5 Å². The van der Waals surface area contributed by atoms with Gasteiger partial charge >= 0.3 is 6.03 Å². The molecular formula is C24H34N4O5S. The van der Waals surface area contributed by atoms with Crippen LogP contribution < -0.4 is 10.1 Å². The highest BCUT2D eigenvalue weighted by molar-refractivity contribution is 7.88. The number of urea groups is 1. The number of piperidine rings is 1. The first kappa shape index (κ1) is 23.4. The molecule has 1 saturated heterocycles. The van der Waals surface area contributed by atoms with Gasteiger partial charge < -0.3 is 25.0 Å². The van der Waals surface area contributed by atoms with Gasteiger partial charge in [0.15, 0.2) is 0 Å². The molecule has 2 aliphatic heterocycles. The normalized spacial score (nSPS) is 23.4. The Labute approximate surface area is 200 Å². The number of nitrogens with one attached hydrogen (secondary N) is 2. The molecule has 1 aromatic heterocycles. The molecule has 9 nitrogen and oxygen atoms in total. The molecular weight excluding hydrogens is 456 g/mol. The van der Waals surface area contributed by atoms with E-state index in [2.05, 4.69) is 10.3 Å². The maximum Gasteiger partial charge on any atom is 0.318 e. The first-order chi connectivity index (χ1) is 16.3. The van der Waals surface area contributed by atoms with Crippen LogP contribution in [-0.4, -0.2) is 79.4 Å². The number of carbonyl (C=O) groups is 1. The molecule has 1 spiro atoms. The number of aromatic amines is 1. The van der Waals surface area contributed by atoms with Crippen LogP contribution in [0.1, 0.15) is 55.8 Å². The summed E-state index contributed by atoms with van der Waals surface area (Å²) in [6.07, 6.45) is 6.67. The number of aromatic nitrogens is 1. The van der Waals surface area contributed by atoms with Crippen LogP contribution in [0.25, 0.3) is 10.9 Å². The van der Waals surface area contributed by atoms with Crippen molar-refractivity contribution in [3.63, 3.8) is 0 Å². The summed E-state index contributed by atoms with van der Waals surface area (Å²) in [5.74, 6) is 0.725. The van der Waals surface area contributed by atoms with E-state index in [4.69, 9.17) is 4.74 Å². The molecule has 5 rings (SSSR count). The van der Waals surface area contributed by atoms with Gasteiger partial charge in [0, 0.05) is 53.8 Å². The molecule has 0 unspecified atom stereocenters. The molecule has 2 amide bonds. The van der Waals surface area contributed by atoms with Gasteiger partial charge in [-0.05, 0) is 43.4 Å². The van der Waals surface area contributed by atoms with Crippen LogP contribution in [0.3, 0.4) is 0 Å². The number of fused-ring (bicyclic) bond motifs is 4. The number of ether oxygens (including phenoxy) is 1. The fourth-order valence-corrected chi connectivity index (χ4v) is 7.05. The lowest BCUT2D eigenvalue weighted by Crippen LogP contribution is -2.58. The zero-order chi connectivity index (χ0) is 24.1. The van der Waals surface area contributed by atoms with E-state index in [0.29, 0.717) is 32.5 Å². The molecule has 3 aliphatic rings. The first-order valence-corrected chi connectivity index (χ1v) is 13.9. The summed E-state index contributed by atoms with van der Waals surface area (Å²) >= 11 is 0. The van der Waals surface area contributed by atoms with Gasteiger partial charge in [0.25, 0.3) is 0 Å². The van der Waals surface area contributed by atoms with Gasteiger partial charge in [-0.25, -0.2) is 17.5 Å². The summed E-state index contributed by atoms with van der Waals surface area (Å²) in [7, 11) is -1.66. The van der Waals surface area contributed by atoms with E-state index >= 15 is 0 Å². The number of hydrogen-bond acceptors (Lipinski definition) is 5. The van der Waals surface area contributed by atoms with Crippen molar-refractivity contribution < 1.29 is 23.1 Å². The quantitative estimate of drug-likeness (QED) is 0.609. The van der Waals surface area contributed by atoms with Crippen LogP contribution in [0.5, 0.6) is 5.75 Å². The number of rotatable bonds is 4. The number of aliphatic hydroxyl groups is 1. The zero-order valence-electron chi connectivity index (χ0n) is 19.8. The molecule has 2 fully saturated rings. The summed E-state index contributed by atoms with van der Waals surface area (Å²) in [4.78, 5) is 18.7. The van der Waals surface area contributed by atoms with Crippen molar-refractivity contribution >= 4 is 27.0 Å². The Balaban J connectivity index is 1.58. The van der Waals surface area contributed by atoms with Crippen molar-refractivity contribution in [1.82, 2.24) is 19.5 Å². The van der Waals surface area contributed by atoms with Crippen LogP contribution in [0.15, 0.2) is 18.2 Å². The molecule has 3 heterocycles. The minimum Gasteiger partial charge on any atom is -0.497 e. The van der Waals surface area contributed by atoms with Crippen LogP contribution in [0.2, 0.25) is 0 Å². The third kappa shape index (κ3) is 3.95. The average molecular weight is 491 g/mol. The van der Waals surface area contributed by atoms with E-state index in [0.717, 1.165) is 53.6 Å². The van der Waals surface area contributed by atoms with Crippen LogP contribution in [0, 0.1) is 0 Å². The Morgan fingerprint density at radius 1 is 1.26 bits per heavy atom. The molecule has 0 bridgehead atoms. The van der Waals surface area contributed by atoms with E-state index in [1.54, 1.807) is 12.0 Å². The van der Waals surface area contributed by atoms with Crippen molar-refractivity contribution in [2.45, 2.75) is 56.0 Å². The lowest BCUT2D eigenvalue weighted by molar-refractivity contribution is 0.0789. The standard InChI is InChI=1S/C24H34N4O5S/c1-33-17-7-8-18-19(13-17)26-22-20(14-29)28(23(30)25-16-5-3-4-6-16)15-24(21(18)22)9-11-27(12-10-24)34(2,31)32/h7-8,13,16,20,26,29H,3-6,9-12,14-15H2,1-2H3,(H,25,30)/t20-/m1/s1. The Morgan fingerprint density at radius 3 is 2.59 bits per heavy atom. The number of methoxy groups -OCH3 is 1. The highest BCUT2D eigenvalue weighted by atomic mass is 32.2. The maximum atomic E-state index is 13.5. The largest absolute Gasteiger partial charge is 0.497 e. The predicted octanol–water partition coefficient (Wildman–Crippen LogP) is 2.47. The van der Waals surface area contributed by atoms with Crippen molar-refractivity contribution in [1.29, 1.82) is 0 Å². The van der Waals surface area contributed by atoms with Crippen LogP contribution in [-0.2, 0) is 15.4 Å². The van der Waals surface area contributed by atoms with Gasteiger partial charge in [-0.2, -0.15) is 0 Å². The van der Waals surface area contributed by atoms with E-state index < -0.39 is 21.5 Å². The number of amides is 2. The number of carbonyl (C=O) groups excluding carboxylic acids is 1. The first-order valence-electron chi connectivity index (χ1n) is 12.1. The predicted molar refractivity (Wildman–Crippen MR) is 130 cm³/mol. The van der Waals surface area contributed by atoms with Gasteiger partial charge in [0.05, 0.1) is 26.0 Å². The molecule has 3 N–H and O–H groups in total. The smallest absolute Gasteiger partial charge is 0.318 e. The molecule has 10 heteroatoms. The maximum absolute atomic E-state index is 13.5. The number of benzene rings is 1. The van der Waals surface area contributed by atoms with Gasteiger partial charge in [-0.15, -0.1) is 0 Å². The van der Waals surface area contributed by atoms with Crippen LogP contribution in [0.4, 0.5) is 4.79 Å². The summed E-state index contributed by atoms with van der Waals surface area (Å²) in [6, 6.07) is 5.40. The number of sulfonamides is 1. The molecule has 34 heavy (non-hydrogen) atoms. The summed E-state index contributed by atoms with van der Waals surface area (Å²) in [6.45, 7) is 1.06. The van der Waals surface area contributed by atoms with Gasteiger partial charge in [-0.3, -0.25) is 0 Å². The highest BCUT2D eigenvalue weighted by Gasteiger charge is 2.49. The fourth-order valence-electron chi connectivity index (χ4n) is 6.20. The SMILES string of the molecule is COc1ccc2c3c([nH]c2c1)[C@@H](CO)N(C(=O)NC1CCCC1)CC31CCN(S(C)(=O)=O)CC1. The molecule has 0 radical (unpaired) electrons. The number of nitrogens with zero attached hydrogens (tertiary/aromatic N) is 2. The van der Waals surface area contributed by atoms with Crippen molar-refractivity contribution in [3.8, 4) is 5.75 Å². The van der Waals surface area contributed by atoms with Gasteiger partial charge in [0.1, 0.15) is 5.75 Å². The Morgan fingerprint density at radius 2 is 1.97 bits per heavy atom. The second-order valence-corrected chi connectivity index (χ2v) is 12.0. The minimum absolute atomic E-state index is 0.155. The lowest BCUT2D eigenvalue weighted by Gasteiger charge is -2.49. The molecule has 1 aromatic carbocycles. The van der Waals surface area contributed by atoms with E-state index in [-0.39, 0.29) is 18.7 Å². The zero-order valence-corrected chi connectivity index (χ0v) is 20.7. The third-order valence-electron chi connectivity index (χ3n) is 8.01. The van der Waals surface area contributed by atoms with Crippen molar-refractivity contribution in [2.75, 3.05) is 39.6 Å². The number of H-pyrrole nitrogens is 1. The Hall–Kier alpha value is -2.30. The average Bonchev–Trinajstić information content (AvgIpc) is 3.46. The third-order valence-corrected chi connectivity index (χ3v) is 9.32. The topological polar surface area (TPSA) is 115 Å². The highest BCUT2D eigenvalue weighted by Crippen LogP contribution is 2.49. The van der Waals surface area contributed by atoms with Gasteiger partial charge in [-0.1, -0.05) is 12.8 Å². The molecule has 2 aromatic rings. The van der Waals surface area contributed by atoms with Gasteiger partial charge in [0.2, 0.25) is 10.0 Å². The lowest BCUT2D eigenvalue weighted by atomic mass is 9.68. The van der Waals surface area contributed by atoms with Crippen LogP contribution >= 0.6 is 0 Å². The molecule has 1 aliphatic carbocycles. The van der Waals surface area contributed by atoms with E-state index in [9.17, 15) is 18.3 Å².